The van der Waals surface area contributed by atoms with Gasteiger partial charge in [0.25, 0.3) is 0 Å². The molecule has 0 aromatic heterocycles. The summed E-state index contributed by atoms with van der Waals surface area (Å²) in [6.45, 7) is 2.59. The third kappa shape index (κ3) is 4.73. The summed E-state index contributed by atoms with van der Waals surface area (Å²) >= 11 is 1.52. The molecular formula is C23H28FN3O2S. The van der Waals surface area contributed by atoms with Crippen LogP contribution in [0.3, 0.4) is 0 Å². The number of rotatable bonds is 6. The number of hydrogen-bond acceptors (Lipinski definition) is 4. The molecule has 2 aromatic carbocycles. The predicted octanol–water partition coefficient (Wildman–Crippen LogP) is 4.51. The van der Waals surface area contributed by atoms with Crippen LogP contribution in [0.2, 0.25) is 0 Å². The van der Waals surface area contributed by atoms with E-state index in [0.29, 0.717) is 11.4 Å². The molecule has 0 radical (unpaired) electrons. The number of ether oxygens (including phenoxy) is 1. The first-order valence-electron chi connectivity index (χ1n) is 10.5. The van der Waals surface area contributed by atoms with Gasteiger partial charge in [0.15, 0.2) is 0 Å². The van der Waals surface area contributed by atoms with Crippen molar-refractivity contribution in [2.45, 2.75) is 36.2 Å². The monoisotopic (exact) mass is 429 g/mol. The van der Waals surface area contributed by atoms with E-state index in [1.165, 1.54) is 36.2 Å². The Morgan fingerprint density at radius 2 is 2.00 bits per heavy atom. The van der Waals surface area contributed by atoms with E-state index in [1.54, 1.807) is 13.2 Å². The van der Waals surface area contributed by atoms with Crippen molar-refractivity contribution in [1.82, 2.24) is 15.5 Å². The number of hydrogen-bond donors (Lipinski definition) is 2. The Morgan fingerprint density at radius 3 is 2.73 bits per heavy atom. The van der Waals surface area contributed by atoms with Crippen molar-refractivity contribution in [3.05, 3.63) is 59.4 Å². The summed E-state index contributed by atoms with van der Waals surface area (Å²) in [4.78, 5) is 15.8. The SMILES string of the molecule is COc1ccc([C@@H](CNC(=O)N[C@@H]2CCSc3c(F)cccc32)N2CCCC2)cc1. The van der Waals surface area contributed by atoms with Gasteiger partial charge in [-0.05, 0) is 61.7 Å². The van der Waals surface area contributed by atoms with Crippen molar-refractivity contribution in [2.24, 2.45) is 0 Å². The van der Waals surface area contributed by atoms with E-state index in [9.17, 15) is 9.18 Å². The average molecular weight is 430 g/mol. The lowest BCUT2D eigenvalue weighted by atomic mass is 10.0. The highest BCUT2D eigenvalue weighted by Gasteiger charge is 2.26. The summed E-state index contributed by atoms with van der Waals surface area (Å²) in [6, 6.07) is 12.9. The van der Waals surface area contributed by atoms with Crippen LogP contribution in [0.5, 0.6) is 5.75 Å². The number of benzene rings is 2. The van der Waals surface area contributed by atoms with Gasteiger partial charge in [0.05, 0.1) is 19.2 Å². The number of amides is 2. The van der Waals surface area contributed by atoms with Crippen molar-refractivity contribution < 1.29 is 13.9 Å². The van der Waals surface area contributed by atoms with E-state index in [1.807, 2.05) is 18.2 Å². The number of nitrogens with one attached hydrogen (secondary N) is 2. The van der Waals surface area contributed by atoms with Crippen molar-refractivity contribution in [1.29, 1.82) is 0 Å². The Hall–Kier alpha value is -2.25. The average Bonchev–Trinajstić information content (AvgIpc) is 3.30. The second-order valence-corrected chi connectivity index (χ2v) is 8.84. The van der Waals surface area contributed by atoms with Gasteiger partial charge in [0.2, 0.25) is 0 Å². The molecule has 5 nitrogen and oxygen atoms in total. The van der Waals surface area contributed by atoms with Crippen LogP contribution in [0.15, 0.2) is 47.4 Å². The van der Waals surface area contributed by atoms with Crippen LogP contribution in [-0.4, -0.2) is 43.4 Å². The molecule has 2 aromatic rings. The third-order valence-corrected chi connectivity index (χ3v) is 7.03. The minimum Gasteiger partial charge on any atom is -0.497 e. The summed E-state index contributed by atoms with van der Waals surface area (Å²) < 4.78 is 19.4. The maximum atomic E-state index is 14.1. The van der Waals surface area contributed by atoms with Crippen molar-refractivity contribution >= 4 is 17.8 Å². The maximum absolute atomic E-state index is 14.1. The van der Waals surface area contributed by atoms with Gasteiger partial charge < -0.3 is 15.4 Å². The fourth-order valence-electron chi connectivity index (χ4n) is 4.27. The summed E-state index contributed by atoms with van der Waals surface area (Å²) in [7, 11) is 1.66. The Bertz CT molecular complexity index is 871. The molecule has 2 atom stereocenters. The number of methoxy groups -OCH3 is 1. The molecule has 0 saturated carbocycles. The third-order valence-electron chi connectivity index (χ3n) is 5.87. The molecule has 0 aliphatic carbocycles. The zero-order valence-electron chi connectivity index (χ0n) is 17.2. The molecule has 30 heavy (non-hydrogen) atoms. The fraction of sp³-hybridized carbons (Fsp3) is 0.435. The normalized spacial score (nSPS) is 19.7. The highest BCUT2D eigenvalue weighted by Crippen LogP contribution is 2.37. The van der Waals surface area contributed by atoms with E-state index < -0.39 is 0 Å². The summed E-state index contributed by atoms with van der Waals surface area (Å²) in [5.74, 6) is 1.41. The van der Waals surface area contributed by atoms with Gasteiger partial charge in [-0.25, -0.2) is 9.18 Å². The number of carbonyl (C=O) groups excluding carboxylic acids is 1. The minimum atomic E-state index is -0.210. The molecule has 7 heteroatoms. The van der Waals surface area contributed by atoms with Gasteiger partial charge >= 0.3 is 6.03 Å². The van der Waals surface area contributed by atoms with Gasteiger partial charge in [0.1, 0.15) is 11.6 Å². The maximum Gasteiger partial charge on any atom is 0.315 e. The number of urea groups is 1. The van der Waals surface area contributed by atoms with E-state index >= 15 is 0 Å². The van der Waals surface area contributed by atoms with Crippen molar-refractivity contribution in [2.75, 3.05) is 32.5 Å². The van der Waals surface area contributed by atoms with Crippen LogP contribution in [0.4, 0.5) is 9.18 Å². The first-order chi connectivity index (χ1) is 14.7. The molecule has 2 aliphatic rings. The molecule has 0 unspecified atom stereocenters. The van der Waals surface area contributed by atoms with Crippen LogP contribution in [0.25, 0.3) is 0 Å². The van der Waals surface area contributed by atoms with E-state index in [0.717, 1.165) is 36.6 Å². The molecule has 1 saturated heterocycles. The van der Waals surface area contributed by atoms with Gasteiger partial charge in [-0.2, -0.15) is 0 Å². The molecule has 4 rings (SSSR count). The lowest BCUT2D eigenvalue weighted by molar-refractivity contribution is 0.218. The van der Waals surface area contributed by atoms with Gasteiger partial charge in [-0.3, -0.25) is 4.90 Å². The zero-order chi connectivity index (χ0) is 20.9. The Kier molecular flexibility index (Phi) is 6.79. The van der Waals surface area contributed by atoms with Gasteiger partial charge in [-0.1, -0.05) is 24.3 Å². The second kappa shape index (κ2) is 9.71. The number of likely N-dealkylation sites (tertiary alicyclic amines) is 1. The predicted molar refractivity (Wildman–Crippen MR) is 118 cm³/mol. The summed E-state index contributed by atoms with van der Waals surface area (Å²) in [6.07, 6.45) is 3.16. The minimum absolute atomic E-state index is 0.121. The number of thioether (sulfide) groups is 1. The van der Waals surface area contributed by atoms with Crippen LogP contribution in [-0.2, 0) is 0 Å². The van der Waals surface area contributed by atoms with Crippen LogP contribution in [0, 0.1) is 5.82 Å². The van der Waals surface area contributed by atoms with Gasteiger partial charge in [-0.15, -0.1) is 11.8 Å². The topological polar surface area (TPSA) is 53.6 Å². The zero-order valence-corrected chi connectivity index (χ0v) is 18.0. The number of nitrogens with zero attached hydrogens (tertiary/aromatic N) is 1. The fourth-order valence-corrected chi connectivity index (χ4v) is 5.41. The summed E-state index contributed by atoms with van der Waals surface area (Å²) in [5.41, 5.74) is 2.03. The lowest BCUT2D eigenvalue weighted by Crippen LogP contribution is -2.43. The Labute approximate surface area is 181 Å². The molecule has 160 valence electrons. The quantitative estimate of drug-likeness (QED) is 0.710. The molecular weight excluding hydrogens is 401 g/mol. The molecule has 1 fully saturated rings. The summed E-state index contributed by atoms with van der Waals surface area (Å²) in [5, 5.41) is 6.11. The first kappa shape index (κ1) is 21.0. The number of fused-ring (bicyclic) bond motifs is 1. The van der Waals surface area contributed by atoms with Crippen molar-refractivity contribution in [3.63, 3.8) is 0 Å². The molecule has 2 aliphatic heterocycles. The number of halogens is 1. The lowest BCUT2D eigenvalue weighted by Gasteiger charge is -2.30. The standard InChI is InChI=1S/C23H28FN3O2S/c1-29-17-9-7-16(8-10-17)21(27-12-2-3-13-27)15-25-23(28)26-20-11-14-30-22-18(20)5-4-6-19(22)24/h4-10,20-21H,2-3,11-15H2,1H3,(H2,25,26,28)/t20-,21-/m1/s1. The molecule has 2 N–H and O–H groups in total. The second-order valence-electron chi connectivity index (χ2n) is 7.73. The molecule has 2 heterocycles. The largest absolute Gasteiger partial charge is 0.497 e. The highest BCUT2D eigenvalue weighted by atomic mass is 32.2. The Balaban J connectivity index is 1.41. The molecule has 0 bridgehead atoms. The smallest absolute Gasteiger partial charge is 0.315 e. The van der Waals surface area contributed by atoms with Crippen LogP contribution < -0.4 is 15.4 Å². The molecule has 2 amide bonds. The van der Waals surface area contributed by atoms with E-state index in [-0.39, 0.29) is 23.9 Å². The first-order valence-corrected chi connectivity index (χ1v) is 11.5. The van der Waals surface area contributed by atoms with E-state index in [4.69, 9.17) is 4.74 Å². The number of carbonyl (C=O) groups is 1. The highest BCUT2D eigenvalue weighted by molar-refractivity contribution is 7.99. The van der Waals surface area contributed by atoms with Crippen LogP contribution in [0.1, 0.15) is 42.5 Å². The van der Waals surface area contributed by atoms with Crippen LogP contribution >= 0.6 is 11.8 Å². The van der Waals surface area contributed by atoms with Crippen molar-refractivity contribution in [3.8, 4) is 5.75 Å². The van der Waals surface area contributed by atoms with E-state index in [2.05, 4.69) is 27.7 Å². The molecule has 0 spiro atoms. The van der Waals surface area contributed by atoms with Gasteiger partial charge in [0, 0.05) is 17.2 Å². The Morgan fingerprint density at radius 1 is 1.23 bits per heavy atom.